The van der Waals surface area contributed by atoms with E-state index in [1.54, 1.807) is 0 Å². The highest BCUT2D eigenvalue weighted by molar-refractivity contribution is 5.95. The summed E-state index contributed by atoms with van der Waals surface area (Å²) in [5.41, 5.74) is 8.28. The Balaban J connectivity index is 1.01. The topological polar surface area (TPSA) is 236 Å². The summed E-state index contributed by atoms with van der Waals surface area (Å²) in [7, 11) is 6.91. The molecule has 0 aliphatic carbocycles. The molecule has 29 nitrogen and oxygen atoms in total. The van der Waals surface area contributed by atoms with Crippen LogP contribution in [0.3, 0.4) is 0 Å². The van der Waals surface area contributed by atoms with Gasteiger partial charge in [0.25, 0.3) is 0 Å². The van der Waals surface area contributed by atoms with E-state index < -0.39 is 0 Å². The Bertz CT molecular complexity index is 4220. The minimum absolute atomic E-state index is 0.0168. The molecule has 0 radical (unpaired) electrons. The molecule has 0 aromatic carbocycles. The first-order valence-corrected chi connectivity index (χ1v) is 56.8. The predicted molar refractivity (Wildman–Crippen MR) is 597 cm³/mol. The van der Waals surface area contributed by atoms with Gasteiger partial charge in [-0.15, -0.1) is 15.3 Å². The number of likely N-dealkylation sites (tertiary alicyclic amines) is 3. The number of hydrazine groups is 3. The van der Waals surface area contributed by atoms with Crippen LogP contribution in [0.25, 0.3) is 0 Å². The van der Waals surface area contributed by atoms with Gasteiger partial charge < -0.3 is 71.9 Å². The van der Waals surface area contributed by atoms with Crippen LogP contribution in [0, 0.1) is 0 Å². The van der Waals surface area contributed by atoms with Crippen LogP contribution < -0.4 is 58.8 Å². The second kappa shape index (κ2) is 38.5. The van der Waals surface area contributed by atoms with Crippen LogP contribution in [0.2, 0.25) is 0 Å². The molecule has 144 heavy (non-hydrogen) atoms. The van der Waals surface area contributed by atoms with Crippen LogP contribution in [-0.2, 0) is 14.5 Å². The maximum atomic E-state index is 7.88. The smallest absolute Gasteiger partial charge is 0.157 e. The molecule has 826 valence electrons. The van der Waals surface area contributed by atoms with E-state index in [1.165, 1.54) is 0 Å². The molecule has 0 aromatic rings. The SMILES string of the molecule is CN1C(C)(C)CC(ON2N=C(N(C3CC(C)(C)NC(C)(C)C3)C3CC(C)(C)NC(C)(C)C3)C=C(N(CCN(C3=CC(N(C4CC(C)(C)NC(C)(C)C4)C4CC(C)(C)NC(C)(C)C4)=NN(OC4CC(C)(C)N(C)C(C)(C)C4)N3)C3CC(C)(C)NC(C)(C)C3)CCN(C3=CC(N(C4CC(C)(C)NC(C)(C)C4)C4CC(C)(C)NC(C)(C)C4)=NN(OC4CC(C)(C)N(C)C(C)(C)C4)N3)C3CC(C)(C)NC(C)(C)C3)N2)CC1(C)C. The third kappa shape index (κ3) is 27.7. The molecule has 14 aliphatic heterocycles. The zero-order valence-corrected chi connectivity index (χ0v) is 101. The molecule has 11 saturated heterocycles. The van der Waals surface area contributed by atoms with Gasteiger partial charge in [-0.25, -0.2) is 30.8 Å². The van der Waals surface area contributed by atoms with E-state index in [9.17, 15) is 0 Å². The molecule has 0 atom stereocenters. The molecule has 0 aromatic heterocycles. The Hall–Kier alpha value is -4.73. The Labute approximate surface area is 878 Å². The van der Waals surface area contributed by atoms with Gasteiger partial charge in [-0.05, 0) is 467 Å². The van der Waals surface area contributed by atoms with Crippen molar-refractivity contribution in [2.45, 2.75) is 634 Å². The summed E-state index contributed by atoms with van der Waals surface area (Å²) in [6, 6.07) is 0.743. The number of piperidine rings is 11. The highest BCUT2D eigenvalue weighted by atomic mass is 16.8. The van der Waals surface area contributed by atoms with Crippen LogP contribution in [-0.4, -0.2) is 313 Å². The lowest BCUT2D eigenvalue weighted by atomic mass is 9.75. The molecular weight excluding hydrogens is 1790 g/mol. The average molecular weight is 2010 g/mol. The first kappa shape index (κ1) is 115. The average Bonchev–Trinajstić information content (AvgIpc) is 0.772. The van der Waals surface area contributed by atoms with Crippen molar-refractivity contribution < 1.29 is 14.5 Å². The van der Waals surface area contributed by atoms with Crippen LogP contribution in [0.4, 0.5) is 0 Å². The quantitative estimate of drug-likeness (QED) is 0.0456. The molecule has 14 heterocycles. The molecule has 14 rings (SSSR count). The first-order valence-electron chi connectivity index (χ1n) is 56.8. The summed E-state index contributed by atoms with van der Waals surface area (Å²) in [6.45, 7) is 109. The summed E-state index contributed by atoms with van der Waals surface area (Å²) in [5.74, 6) is 5.74. The number of amidine groups is 3. The van der Waals surface area contributed by atoms with E-state index in [1.807, 2.05) is 15.8 Å². The second-order valence-corrected chi connectivity index (χ2v) is 63.3. The van der Waals surface area contributed by atoms with Crippen molar-refractivity contribution in [2.24, 2.45) is 15.3 Å². The highest BCUT2D eigenvalue weighted by Crippen LogP contribution is 2.50. The van der Waals surface area contributed by atoms with Crippen molar-refractivity contribution in [3.8, 4) is 0 Å². The third-order valence-electron chi connectivity index (χ3n) is 36.1. The number of hydrazone groups is 3. The lowest BCUT2D eigenvalue weighted by Gasteiger charge is -2.56. The normalized spacial score (nSPS) is 30.5. The minimum Gasteiger partial charge on any atom is -0.353 e. The summed E-state index contributed by atoms with van der Waals surface area (Å²) in [5, 5.41) is 57.1. The summed E-state index contributed by atoms with van der Waals surface area (Å²) in [6.07, 6.45) is 26.6. The molecule has 0 bridgehead atoms. The zero-order valence-electron chi connectivity index (χ0n) is 101. The number of hydrogen-bond donors (Lipinski definition) is 11. The summed E-state index contributed by atoms with van der Waals surface area (Å²) in [4.78, 5) is 48.0. The van der Waals surface area contributed by atoms with Gasteiger partial charge in [0, 0.05) is 215 Å². The van der Waals surface area contributed by atoms with E-state index in [4.69, 9.17) is 29.8 Å². The van der Waals surface area contributed by atoms with Crippen molar-refractivity contribution in [1.29, 1.82) is 0 Å². The third-order valence-corrected chi connectivity index (χ3v) is 36.1. The lowest BCUT2D eigenvalue weighted by molar-refractivity contribution is -0.256. The van der Waals surface area contributed by atoms with Gasteiger partial charge >= 0.3 is 0 Å². The van der Waals surface area contributed by atoms with Crippen LogP contribution in [0.1, 0.15) is 446 Å². The Kier molecular flexibility index (Phi) is 30.7. The molecular formula is C115H218N26O3. The molecule has 11 fully saturated rings. The van der Waals surface area contributed by atoms with Crippen molar-refractivity contribution in [2.75, 3.05) is 47.3 Å². The highest BCUT2D eigenvalue weighted by Gasteiger charge is 2.57. The van der Waals surface area contributed by atoms with Crippen molar-refractivity contribution in [1.82, 2.24) is 119 Å². The van der Waals surface area contributed by atoms with Gasteiger partial charge in [-0.1, -0.05) is 15.8 Å². The molecule has 14 aliphatic rings. The molecule has 0 amide bonds. The van der Waals surface area contributed by atoms with Crippen LogP contribution >= 0.6 is 0 Å². The maximum Gasteiger partial charge on any atom is 0.157 e. The van der Waals surface area contributed by atoms with Crippen molar-refractivity contribution >= 4 is 17.5 Å². The van der Waals surface area contributed by atoms with E-state index in [-0.39, 0.29) is 189 Å². The predicted octanol–water partition coefficient (Wildman–Crippen LogP) is 17.9. The molecule has 29 heteroatoms. The summed E-state index contributed by atoms with van der Waals surface area (Å²) >= 11 is 0. The van der Waals surface area contributed by atoms with Crippen molar-refractivity contribution in [3.05, 3.63) is 35.7 Å². The first-order chi connectivity index (χ1) is 65.0. The Morgan fingerprint density at radius 1 is 0.222 bits per heavy atom. The van der Waals surface area contributed by atoms with E-state index in [0.717, 1.165) is 176 Å². The summed E-state index contributed by atoms with van der Waals surface area (Å²) < 4.78 is 0. The van der Waals surface area contributed by atoms with E-state index in [0.29, 0.717) is 26.2 Å². The standard InChI is InChI=1S/C115H218N26O3/c1-94(2)55-77(56-95(3,4)122-94)134(89-53-92(120-140(117-89)143-86-73-112(37,38)131(46)113(39,40)74-86)137(81-63-102(17,18)126-103(19,20)64-81)82-65-104(21,22)127-105(23,24)66-82)50-48-133(88-52-91(119-139(116-88)142-85-71-110(33,34)130(45)111(35,36)72-85)136(79-59-98(9,10)124-99(11,12)60-79)80-61-100(13,14)125-101(15,16)62-80)49-51-135(78-57-96(5,6)123-97(7,8)58-78)90-54-93(121-141(118-90)144-87-75-114(41,42)132(47)115(43,44)76-87)138(83-67-106(25,26)128-107(27,28)68-83)84-69-108(29,30)129-109(31,32)70-84/h52-54,77-87,116-118,122-129H,48-51,55-76H2,1-47H3. The molecule has 11 N–H and O–H groups in total. The van der Waals surface area contributed by atoms with Crippen LogP contribution in [0.15, 0.2) is 51.0 Å². The fourth-order valence-electron chi connectivity index (χ4n) is 33.3. The fraction of sp³-hybridized carbons (Fsp3) is 0.922. The van der Waals surface area contributed by atoms with Gasteiger partial charge in [-0.2, -0.15) is 0 Å². The molecule has 0 saturated carbocycles. The number of hydrogen-bond acceptors (Lipinski definition) is 29. The van der Waals surface area contributed by atoms with Gasteiger partial charge in [0.2, 0.25) is 0 Å². The Morgan fingerprint density at radius 3 is 0.549 bits per heavy atom. The second-order valence-electron chi connectivity index (χ2n) is 63.3. The van der Waals surface area contributed by atoms with Gasteiger partial charge in [-0.3, -0.25) is 14.7 Å². The monoisotopic (exact) mass is 2010 g/mol. The number of rotatable bonds is 23. The fourth-order valence-corrected chi connectivity index (χ4v) is 33.3. The number of nitrogens with zero attached hydrogens (tertiary/aromatic N) is 15. The van der Waals surface area contributed by atoms with Gasteiger partial charge in [0.05, 0.1) is 18.3 Å². The van der Waals surface area contributed by atoms with Gasteiger partial charge in [0.1, 0.15) is 17.5 Å². The Morgan fingerprint density at radius 2 is 0.375 bits per heavy atom. The maximum absolute atomic E-state index is 7.88. The zero-order chi connectivity index (χ0) is 107. The molecule has 0 unspecified atom stereocenters. The molecule has 0 spiro atoms. The van der Waals surface area contributed by atoms with E-state index >= 15 is 0 Å². The largest absolute Gasteiger partial charge is 0.353 e. The number of nitrogens with one attached hydrogen (secondary N) is 11. The van der Waals surface area contributed by atoms with Gasteiger partial charge in [0.15, 0.2) is 17.5 Å². The van der Waals surface area contributed by atoms with E-state index in [2.05, 4.69) is 447 Å². The van der Waals surface area contributed by atoms with Crippen LogP contribution in [0.5, 0.6) is 0 Å². The minimum atomic E-state index is -0.261. The van der Waals surface area contributed by atoms with Crippen molar-refractivity contribution in [3.63, 3.8) is 0 Å². The lowest BCUT2D eigenvalue weighted by Crippen LogP contribution is -2.68.